The Bertz CT molecular complexity index is 259. The lowest BCUT2D eigenvalue weighted by molar-refractivity contribution is -0.159. The van der Waals surface area contributed by atoms with Gasteiger partial charge >= 0.3 is 6.18 Å². The molecule has 0 bridgehead atoms. The largest absolute Gasteiger partial charge is 0.399 e. The van der Waals surface area contributed by atoms with E-state index in [2.05, 4.69) is 0 Å². The van der Waals surface area contributed by atoms with Crippen LogP contribution in [-0.2, 0) is 0 Å². The summed E-state index contributed by atoms with van der Waals surface area (Å²) in [4.78, 5) is 1.65. The molecule has 0 heterocycles. The number of amidine groups is 1. The predicted molar refractivity (Wildman–Crippen MR) is 60.9 cm³/mol. The molecule has 0 saturated heterocycles. The summed E-state index contributed by atoms with van der Waals surface area (Å²) < 4.78 is 37.8. The minimum atomic E-state index is -4.42. The van der Waals surface area contributed by atoms with Crippen LogP contribution in [0.1, 0.15) is 25.7 Å². The molecular weight excluding hydrogens is 231 g/mol. The van der Waals surface area contributed by atoms with Crippen LogP contribution in [0, 0.1) is 17.2 Å². The van der Waals surface area contributed by atoms with Gasteiger partial charge in [0.25, 0.3) is 0 Å². The fourth-order valence-corrected chi connectivity index (χ4v) is 2.40. The molecule has 0 aliphatic heterocycles. The zero-order valence-corrected chi connectivity index (χ0v) is 10.1. The van der Waals surface area contributed by atoms with Crippen molar-refractivity contribution < 1.29 is 13.2 Å². The molecular formula is C11H20F3N3. The third-order valence-electron chi connectivity index (χ3n) is 3.31. The van der Waals surface area contributed by atoms with Gasteiger partial charge in [-0.3, -0.25) is 5.41 Å². The lowest BCUT2D eigenvalue weighted by Crippen LogP contribution is -2.43. The molecule has 1 rings (SSSR count). The maximum Gasteiger partial charge on any atom is 0.399 e. The first-order chi connectivity index (χ1) is 7.80. The van der Waals surface area contributed by atoms with Crippen LogP contribution in [0.25, 0.3) is 0 Å². The van der Waals surface area contributed by atoms with Crippen molar-refractivity contribution in [2.75, 3.05) is 20.1 Å². The van der Waals surface area contributed by atoms with Gasteiger partial charge in [-0.1, -0.05) is 12.8 Å². The highest BCUT2D eigenvalue weighted by atomic mass is 19.4. The predicted octanol–water partition coefficient (Wildman–Crippen LogP) is 2.22. The van der Waals surface area contributed by atoms with Crippen molar-refractivity contribution in [1.29, 1.82) is 5.41 Å². The Labute approximate surface area is 99.7 Å². The van der Waals surface area contributed by atoms with Gasteiger partial charge in [0.15, 0.2) is 0 Å². The molecule has 6 heteroatoms. The van der Waals surface area contributed by atoms with E-state index in [-0.39, 0.29) is 6.54 Å². The fraction of sp³-hybridized carbons (Fsp3) is 0.909. The van der Waals surface area contributed by atoms with Crippen molar-refractivity contribution in [2.45, 2.75) is 31.9 Å². The van der Waals surface area contributed by atoms with E-state index in [0.29, 0.717) is 12.5 Å². The minimum absolute atomic E-state index is 0.213. The normalized spacial score (nSPS) is 19.8. The second-order valence-corrected chi connectivity index (χ2v) is 4.92. The first-order valence-electron chi connectivity index (χ1n) is 5.90. The van der Waals surface area contributed by atoms with Crippen LogP contribution < -0.4 is 5.73 Å². The number of nitrogens with two attached hydrogens (primary N) is 1. The molecule has 1 unspecified atom stereocenters. The summed E-state index contributed by atoms with van der Waals surface area (Å²) in [6.45, 7) is 0.454. The molecule has 0 aromatic rings. The summed E-state index contributed by atoms with van der Waals surface area (Å²) >= 11 is 0. The average molecular weight is 251 g/mol. The van der Waals surface area contributed by atoms with Gasteiger partial charge in [-0.05, 0) is 25.8 Å². The van der Waals surface area contributed by atoms with E-state index in [9.17, 15) is 13.2 Å². The monoisotopic (exact) mass is 251 g/mol. The summed E-state index contributed by atoms with van der Waals surface area (Å²) in [7, 11) is 1.67. The molecule has 0 radical (unpaired) electrons. The summed E-state index contributed by atoms with van der Waals surface area (Å²) in [6.07, 6.45) is 0.125. The number of hydrogen-bond acceptors (Lipinski definition) is 2. The summed E-state index contributed by atoms with van der Waals surface area (Å²) in [5.41, 5.74) is 5.02. The Kier molecular flexibility index (Phi) is 4.80. The van der Waals surface area contributed by atoms with Crippen molar-refractivity contribution in [3.8, 4) is 0 Å². The van der Waals surface area contributed by atoms with Crippen LogP contribution in [0.4, 0.5) is 13.2 Å². The van der Waals surface area contributed by atoms with Gasteiger partial charge in [0.05, 0.1) is 0 Å². The van der Waals surface area contributed by atoms with Gasteiger partial charge in [0.2, 0.25) is 0 Å². The van der Waals surface area contributed by atoms with Crippen molar-refractivity contribution in [2.24, 2.45) is 17.6 Å². The van der Waals surface area contributed by atoms with E-state index < -0.39 is 17.9 Å². The Morgan fingerprint density at radius 2 is 1.94 bits per heavy atom. The SMILES string of the molecule is CN(CC1CCCC1)CC(C(=N)N)C(F)(F)F. The maximum atomic E-state index is 12.6. The first kappa shape index (κ1) is 14.3. The molecule has 1 fully saturated rings. The third-order valence-corrected chi connectivity index (χ3v) is 3.31. The van der Waals surface area contributed by atoms with E-state index in [1.165, 1.54) is 12.8 Å². The van der Waals surface area contributed by atoms with Crippen LogP contribution in [0.2, 0.25) is 0 Å². The van der Waals surface area contributed by atoms with Crippen LogP contribution in [-0.4, -0.2) is 37.0 Å². The van der Waals surface area contributed by atoms with Gasteiger partial charge in [-0.15, -0.1) is 0 Å². The van der Waals surface area contributed by atoms with E-state index >= 15 is 0 Å². The highest BCUT2D eigenvalue weighted by molar-refractivity contribution is 5.80. The van der Waals surface area contributed by atoms with Gasteiger partial charge in [0.1, 0.15) is 11.8 Å². The van der Waals surface area contributed by atoms with E-state index in [1.807, 2.05) is 0 Å². The number of rotatable bonds is 5. The molecule has 1 aliphatic carbocycles. The lowest BCUT2D eigenvalue weighted by atomic mass is 10.0. The Morgan fingerprint density at radius 1 is 1.41 bits per heavy atom. The van der Waals surface area contributed by atoms with Crippen LogP contribution >= 0.6 is 0 Å². The minimum Gasteiger partial charge on any atom is -0.387 e. The highest BCUT2D eigenvalue weighted by Gasteiger charge is 2.42. The average Bonchev–Trinajstić information content (AvgIpc) is 2.64. The van der Waals surface area contributed by atoms with Gasteiger partial charge in [-0.25, -0.2) is 0 Å². The molecule has 1 atom stereocenters. The van der Waals surface area contributed by atoms with E-state index in [1.54, 1.807) is 11.9 Å². The molecule has 0 amide bonds. The summed E-state index contributed by atoms with van der Waals surface area (Å²) in [6, 6.07) is 0. The molecule has 1 aliphatic rings. The number of nitrogens with zero attached hydrogens (tertiary/aromatic N) is 1. The molecule has 0 aromatic heterocycles. The number of nitrogens with one attached hydrogen (secondary N) is 1. The molecule has 100 valence electrons. The van der Waals surface area contributed by atoms with Crippen molar-refractivity contribution >= 4 is 5.84 Å². The van der Waals surface area contributed by atoms with Gasteiger partial charge in [0, 0.05) is 13.1 Å². The van der Waals surface area contributed by atoms with Crippen LogP contribution in [0.15, 0.2) is 0 Å². The third kappa shape index (κ3) is 4.53. The zero-order chi connectivity index (χ0) is 13.1. The maximum absolute atomic E-state index is 12.6. The molecule has 1 saturated carbocycles. The summed E-state index contributed by atoms with van der Waals surface area (Å²) in [5.74, 6) is -2.13. The highest BCUT2D eigenvalue weighted by Crippen LogP contribution is 2.29. The Balaban J connectivity index is 2.46. The Hall–Kier alpha value is -0.780. The standard InChI is InChI=1S/C11H20F3N3/c1-17(6-8-4-2-3-5-8)7-9(10(15)16)11(12,13)14/h8-9H,2-7H2,1H3,(H3,15,16). The second kappa shape index (κ2) is 5.71. The smallest absolute Gasteiger partial charge is 0.387 e. The number of halogens is 3. The quantitative estimate of drug-likeness (QED) is 0.581. The molecule has 3 nitrogen and oxygen atoms in total. The number of hydrogen-bond donors (Lipinski definition) is 2. The van der Waals surface area contributed by atoms with Gasteiger partial charge < -0.3 is 10.6 Å². The molecule has 0 aromatic carbocycles. The molecule has 3 N–H and O–H groups in total. The van der Waals surface area contributed by atoms with Crippen molar-refractivity contribution in [3.05, 3.63) is 0 Å². The zero-order valence-electron chi connectivity index (χ0n) is 10.1. The topological polar surface area (TPSA) is 53.1 Å². The fourth-order valence-electron chi connectivity index (χ4n) is 2.40. The Morgan fingerprint density at radius 3 is 2.35 bits per heavy atom. The molecule has 0 spiro atoms. The van der Waals surface area contributed by atoms with Crippen LogP contribution in [0.5, 0.6) is 0 Å². The van der Waals surface area contributed by atoms with E-state index in [4.69, 9.17) is 11.1 Å². The number of alkyl halides is 3. The lowest BCUT2D eigenvalue weighted by Gasteiger charge is -2.26. The van der Waals surface area contributed by atoms with Crippen molar-refractivity contribution in [3.63, 3.8) is 0 Å². The second-order valence-electron chi connectivity index (χ2n) is 4.92. The first-order valence-corrected chi connectivity index (χ1v) is 5.90. The molecule has 17 heavy (non-hydrogen) atoms. The van der Waals surface area contributed by atoms with Crippen LogP contribution in [0.3, 0.4) is 0 Å². The van der Waals surface area contributed by atoms with Crippen molar-refractivity contribution in [1.82, 2.24) is 4.90 Å². The van der Waals surface area contributed by atoms with Gasteiger partial charge in [-0.2, -0.15) is 13.2 Å². The summed E-state index contributed by atoms with van der Waals surface area (Å²) in [5, 5.41) is 7.02. The van der Waals surface area contributed by atoms with E-state index in [0.717, 1.165) is 12.8 Å².